The van der Waals surface area contributed by atoms with E-state index in [0.29, 0.717) is 12.1 Å². The number of ether oxygens (including phenoxy) is 3. The van der Waals surface area contributed by atoms with Crippen molar-refractivity contribution in [2.24, 2.45) is 5.73 Å². The molecule has 0 aliphatic rings. The van der Waals surface area contributed by atoms with E-state index in [1.165, 1.54) is 26.4 Å². The van der Waals surface area contributed by atoms with Crippen LogP contribution in [0.1, 0.15) is 15.9 Å². The maximum atomic E-state index is 12.6. The summed E-state index contributed by atoms with van der Waals surface area (Å²) >= 11 is 0. The molecule has 2 amide bonds. The number of aromatic nitrogens is 2. The number of hydrogen-bond donors (Lipinski definition) is 2. The third-order valence-corrected chi connectivity index (χ3v) is 4.24. The molecule has 0 atom stereocenters. The molecule has 0 saturated heterocycles. The van der Waals surface area contributed by atoms with Crippen LogP contribution in [0.4, 0.5) is 0 Å². The summed E-state index contributed by atoms with van der Waals surface area (Å²) in [6, 6.07) is 12.5. The van der Waals surface area contributed by atoms with Crippen LogP contribution in [-0.2, 0) is 11.3 Å². The van der Waals surface area contributed by atoms with Crippen molar-refractivity contribution in [2.45, 2.75) is 6.54 Å². The summed E-state index contributed by atoms with van der Waals surface area (Å²) in [4.78, 5) is 23.6. The quantitative estimate of drug-likeness (QED) is 0.554. The van der Waals surface area contributed by atoms with Crippen LogP contribution in [0.5, 0.6) is 17.2 Å². The zero-order chi connectivity index (χ0) is 21.5. The third-order valence-electron chi connectivity index (χ3n) is 4.24. The van der Waals surface area contributed by atoms with E-state index in [1.807, 2.05) is 36.5 Å². The molecule has 0 aliphatic carbocycles. The smallest absolute Gasteiger partial charge is 0.255 e. The molecule has 156 valence electrons. The van der Waals surface area contributed by atoms with Crippen LogP contribution in [0.3, 0.4) is 0 Å². The largest absolute Gasteiger partial charge is 0.493 e. The van der Waals surface area contributed by atoms with Crippen molar-refractivity contribution in [1.82, 2.24) is 15.1 Å². The van der Waals surface area contributed by atoms with Crippen LogP contribution in [0, 0.1) is 0 Å². The maximum absolute atomic E-state index is 12.6. The van der Waals surface area contributed by atoms with Gasteiger partial charge in [0.2, 0.25) is 5.75 Å². The summed E-state index contributed by atoms with van der Waals surface area (Å²) in [5, 5.41) is 7.03. The van der Waals surface area contributed by atoms with Crippen LogP contribution in [0.2, 0.25) is 0 Å². The second-order valence-electron chi connectivity index (χ2n) is 6.26. The molecule has 30 heavy (non-hydrogen) atoms. The number of amides is 2. The Morgan fingerprint density at radius 3 is 2.30 bits per heavy atom. The van der Waals surface area contributed by atoms with Crippen molar-refractivity contribution in [3.8, 4) is 22.9 Å². The summed E-state index contributed by atoms with van der Waals surface area (Å²) in [5.74, 6) is -0.248. The standard InChI is InChI=1S/C21H22N4O5/c1-28-17-10-15(11-18(29-2)20(17)30-13-19(22)26)21(27)23-12-14-4-6-16(7-5-14)25-9-3-8-24-25/h3-11H,12-13H2,1-2H3,(H2,22,26)(H,23,27). The predicted molar refractivity (Wildman–Crippen MR) is 109 cm³/mol. The topological polar surface area (TPSA) is 118 Å². The van der Waals surface area contributed by atoms with Gasteiger partial charge >= 0.3 is 0 Å². The molecular weight excluding hydrogens is 388 g/mol. The highest BCUT2D eigenvalue weighted by Crippen LogP contribution is 2.38. The minimum atomic E-state index is -0.639. The number of hydrogen-bond acceptors (Lipinski definition) is 6. The Morgan fingerprint density at radius 1 is 1.10 bits per heavy atom. The van der Waals surface area contributed by atoms with Gasteiger partial charge in [0.25, 0.3) is 11.8 Å². The lowest BCUT2D eigenvalue weighted by Gasteiger charge is -2.15. The molecule has 2 aromatic carbocycles. The van der Waals surface area contributed by atoms with Crippen LogP contribution in [0.25, 0.3) is 5.69 Å². The molecule has 3 aromatic rings. The SMILES string of the molecule is COc1cc(C(=O)NCc2ccc(-n3cccn3)cc2)cc(OC)c1OCC(N)=O. The number of carbonyl (C=O) groups is 2. The van der Waals surface area contributed by atoms with Gasteiger partial charge < -0.3 is 25.3 Å². The van der Waals surface area contributed by atoms with E-state index < -0.39 is 5.91 Å². The normalized spacial score (nSPS) is 10.3. The van der Waals surface area contributed by atoms with Crippen molar-refractivity contribution in [1.29, 1.82) is 0 Å². The van der Waals surface area contributed by atoms with Crippen LogP contribution in [0.15, 0.2) is 54.9 Å². The second kappa shape index (κ2) is 9.46. The van der Waals surface area contributed by atoms with Gasteiger partial charge in [-0.05, 0) is 35.9 Å². The molecule has 9 heteroatoms. The highest BCUT2D eigenvalue weighted by molar-refractivity contribution is 5.95. The van der Waals surface area contributed by atoms with E-state index in [4.69, 9.17) is 19.9 Å². The highest BCUT2D eigenvalue weighted by Gasteiger charge is 2.18. The molecule has 0 bridgehead atoms. The Balaban J connectivity index is 1.70. The molecular formula is C21H22N4O5. The second-order valence-corrected chi connectivity index (χ2v) is 6.26. The average molecular weight is 410 g/mol. The monoisotopic (exact) mass is 410 g/mol. The first-order chi connectivity index (χ1) is 14.5. The van der Waals surface area contributed by atoms with Gasteiger partial charge in [0.15, 0.2) is 18.1 Å². The molecule has 0 unspecified atom stereocenters. The number of benzene rings is 2. The Labute approximate surface area is 173 Å². The zero-order valence-electron chi connectivity index (χ0n) is 16.6. The van der Waals surface area contributed by atoms with Gasteiger partial charge in [-0.15, -0.1) is 0 Å². The Hall–Kier alpha value is -4.01. The molecule has 0 radical (unpaired) electrons. The lowest BCUT2D eigenvalue weighted by Crippen LogP contribution is -2.23. The Bertz CT molecular complexity index is 991. The molecule has 9 nitrogen and oxygen atoms in total. The summed E-state index contributed by atoms with van der Waals surface area (Å²) in [5.41, 5.74) is 7.30. The van der Waals surface area contributed by atoms with Gasteiger partial charge in [0.1, 0.15) is 0 Å². The van der Waals surface area contributed by atoms with E-state index in [2.05, 4.69) is 10.4 Å². The van der Waals surface area contributed by atoms with Gasteiger partial charge in [0, 0.05) is 24.5 Å². The van der Waals surface area contributed by atoms with Crippen molar-refractivity contribution >= 4 is 11.8 Å². The average Bonchev–Trinajstić information content (AvgIpc) is 3.30. The van der Waals surface area contributed by atoms with Gasteiger partial charge in [-0.2, -0.15) is 5.10 Å². The Morgan fingerprint density at radius 2 is 1.77 bits per heavy atom. The van der Waals surface area contributed by atoms with E-state index in [-0.39, 0.29) is 29.8 Å². The number of methoxy groups -OCH3 is 2. The van der Waals surface area contributed by atoms with Gasteiger partial charge in [0.05, 0.1) is 19.9 Å². The molecule has 0 aliphatic heterocycles. The van der Waals surface area contributed by atoms with E-state index in [0.717, 1.165) is 11.3 Å². The summed E-state index contributed by atoms with van der Waals surface area (Å²) in [6.45, 7) is -0.00440. The molecule has 0 saturated carbocycles. The lowest BCUT2D eigenvalue weighted by molar-refractivity contribution is -0.120. The van der Waals surface area contributed by atoms with Gasteiger partial charge in [-0.25, -0.2) is 4.68 Å². The number of nitrogens with two attached hydrogens (primary N) is 1. The maximum Gasteiger partial charge on any atom is 0.255 e. The molecule has 0 fully saturated rings. The van der Waals surface area contributed by atoms with Gasteiger partial charge in [-0.3, -0.25) is 9.59 Å². The Kier molecular flexibility index (Phi) is 6.53. The number of rotatable bonds is 9. The van der Waals surface area contributed by atoms with Crippen LogP contribution < -0.4 is 25.3 Å². The van der Waals surface area contributed by atoms with Crippen LogP contribution in [-0.4, -0.2) is 42.4 Å². The molecule has 1 heterocycles. The van der Waals surface area contributed by atoms with Crippen molar-refractivity contribution < 1.29 is 23.8 Å². The number of carbonyl (C=O) groups excluding carboxylic acids is 2. The fourth-order valence-electron chi connectivity index (χ4n) is 2.77. The molecule has 3 rings (SSSR count). The number of nitrogens with zero attached hydrogens (tertiary/aromatic N) is 2. The minimum absolute atomic E-state index is 0.199. The summed E-state index contributed by atoms with van der Waals surface area (Å²) in [7, 11) is 2.85. The van der Waals surface area contributed by atoms with Crippen molar-refractivity contribution in [2.75, 3.05) is 20.8 Å². The predicted octanol–water partition coefficient (Wildman–Crippen LogP) is 1.68. The first-order valence-corrected chi connectivity index (χ1v) is 9.06. The number of primary amides is 1. The summed E-state index contributed by atoms with van der Waals surface area (Å²) < 4.78 is 17.7. The van der Waals surface area contributed by atoms with E-state index in [1.54, 1.807) is 10.9 Å². The minimum Gasteiger partial charge on any atom is -0.493 e. The third kappa shape index (κ3) is 4.88. The zero-order valence-corrected chi connectivity index (χ0v) is 16.6. The first-order valence-electron chi connectivity index (χ1n) is 9.06. The van der Waals surface area contributed by atoms with E-state index >= 15 is 0 Å². The van der Waals surface area contributed by atoms with Crippen LogP contribution >= 0.6 is 0 Å². The highest BCUT2D eigenvalue weighted by atomic mass is 16.5. The van der Waals surface area contributed by atoms with Crippen molar-refractivity contribution in [3.63, 3.8) is 0 Å². The molecule has 1 aromatic heterocycles. The fraction of sp³-hybridized carbons (Fsp3) is 0.190. The van der Waals surface area contributed by atoms with E-state index in [9.17, 15) is 9.59 Å². The fourth-order valence-corrected chi connectivity index (χ4v) is 2.77. The van der Waals surface area contributed by atoms with Crippen molar-refractivity contribution in [3.05, 3.63) is 66.0 Å². The molecule has 3 N–H and O–H groups in total. The lowest BCUT2D eigenvalue weighted by atomic mass is 10.1. The molecule has 0 spiro atoms. The van der Waals surface area contributed by atoms with Gasteiger partial charge in [-0.1, -0.05) is 12.1 Å². The summed E-state index contributed by atoms with van der Waals surface area (Å²) in [6.07, 6.45) is 3.56. The number of nitrogens with one attached hydrogen (secondary N) is 1. The first kappa shape index (κ1) is 20.7.